The molecule has 0 saturated heterocycles. The molecule has 0 aromatic heterocycles. The number of alkyl carbamates (subject to hydrolysis) is 1. The molecule has 2 aromatic rings. The average Bonchev–Trinajstić information content (AvgIpc) is 2.75. The molecule has 1 amide bonds. The predicted octanol–water partition coefficient (Wildman–Crippen LogP) is 5.19. The molecule has 1 unspecified atom stereocenters. The minimum Gasteiger partial charge on any atom is -0.493 e. The van der Waals surface area contributed by atoms with E-state index in [2.05, 4.69) is 49.6 Å². The van der Waals surface area contributed by atoms with E-state index in [-0.39, 0.29) is 11.5 Å². The van der Waals surface area contributed by atoms with Gasteiger partial charge in [-0.2, -0.15) is 0 Å². The minimum absolute atomic E-state index is 0.0761. The van der Waals surface area contributed by atoms with Crippen molar-refractivity contribution in [3.8, 4) is 5.75 Å². The number of nitrogens with one attached hydrogen (secondary N) is 2. The molecule has 0 bridgehead atoms. The van der Waals surface area contributed by atoms with E-state index in [9.17, 15) is 9.90 Å². The van der Waals surface area contributed by atoms with Crippen molar-refractivity contribution in [1.82, 2.24) is 10.6 Å². The zero-order valence-electron chi connectivity index (χ0n) is 22.1. The van der Waals surface area contributed by atoms with Crippen LogP contribution in [0.3, 0.4) is 0 Å². The van der Waals surface area contributed by atoms with Crippen molar-refractivity contribution < 1.29 is 19.4 Å². The Hall–Kier alpha value is -2.57. The molecule has 1 aliphatic rings. The Morgan fingerprint density at radius 3 is 2.46 bits per heavy atom. The Labute approximate surface area is 210 Å². The van der Waals surface area contributed by atoms with Crippen LogP contribution in [0.25, 0.3) is 0 Å². The Morgan fingerprint density at radius 1 is 1.09 bits per heavy atom. The summed E-state index contributed by atoms with van der Waals surface area (Å²) in [6.45, 7) is 13.1. The van der Waals surface area contributed by atoms with Gasteiger partial charge in [0.25, 0.3) is 0 Å². The third kappa shape index (κ3) is 8.86. The van der Waals surface area contributed by atoms with Gasteiger partial charge in [0.15, 0.2) is 0 Å². The fraction of sp³-hybridized carbons (Fsp3) is 0.552. The number of aliphatic hydroxyl groups is 1. The molecular formula is C29H42N2O4. The van der Waals surface area contributed by atoms with Crippen LogP contribution in [0.2, 0.25) is 0 Å². The summed E-state index contributed by atoms with van der Waals surface area (Å²) in [6.07, 6.45) is 0.978. The lowest BCUT2D eigenvalue weighted by molar-refractivity contribution is 0.0418. The largest absolute Gasteiger partial charge is 0.493 e. The fourth-order valence-electron chi connectivity index (χ4n) is 4.39. The maximum atomic E-state index is 12.5. The molecular weight excluding hydrogens is 440 g/mol. The first-order chi connectivity index (χ1) is 16.4. The number of hydrogen-bond donors (Lipinski definition) is 3. The highest BCUT2D eigenvalue weighted by atomic mass is 16.6. The molecule has 0 aliphatic carbocycles. The van der Waals surface area contributed by atoms with Crippen molar-refractivity contribution in [3.05, 3.63) is 65.2 Å². The number of hydrogen-bond acceptors (Lipinski definition) is 5. The molecule has 6 heteroatoms. The Morgan fingerprint density at radius 2 is 1.80 bits per heavy atom. The summed E-state index contributed by atoms with van der Waals surface area (Å²) in [7, 11) is 0. The normalized spacial score (nSPS) is 17.6. The maximum Gasteiger partial charge on any atom is 0.407 e. The second kappa shape index (κ2) is 11.4. The average molecular weight is 483 g/mol. The lowest BCUT2D eigenvalue weighted by Gasteiger charge is -2.31. The summed E-state index contributed by atoms with van der Waals surface area (Å²) in [5, 5.41) is 17.6. The number of amides is 1. The summed E-state index contributed by atoms with van der Waals surface area (Å²) in [4.78, 5) is 12.5. The number of carbonyl (C=O) groups is 1. The molecule has 0 spiro atoms. The molecule has 192 valence electrons. The van der Waals surface area contributed by atoms with Crippen LogP contribution in [0.5, 0.6) is 5.75 Å². The van der Waals surface area contributed by atoms with E-state index in [0.717, 1.165) is 29.7 Å². The first-order valence-electron chi connectivity index (χ1n) is 12.6. The van der Waals surface area contributed by atoms with Crippen molar-refractivity contribution in [3.63, 3.8) is 0 Å². The summed E-state index contributed by atoms with van der Waals surface area (Å²) >= 11 is 0. The van der Waals surface area contributed by atoms with Crippen LogP contribution in [0, 0.1) is 5.41 Å². The molecule has 35 heavy (non-hydrogen) atoms. The van der Waals surface area contributed by atoms with Crippen molar-refractivity contribution in [1.29, 1.82) is 0 Å². The highest BCUT2D eigenvalue weighted by molar-refractivity contribution is 5.68. The summed E-state index contributed by atoms with van der Waals surface area (Å²) in [6, 6.07) is 15.9. The second-order valence-electron chi connectivity index (χ2n) is 11.7. The number of aliphatic hydroxyl groups excluding tert-OH is 1. The van der Waals surface area contributed by atoms with Gasteiger partial charge in [-0.25, -0.2) is 4.79 Å². The first-order valence-corrected chi connectivity index (χ1v) is 12.6. The summed E-state index contributed by atoms with van der Waals surface area (Å²) < 4.78 is 11.3. The Kier molecular flexibility index (Phi) is 8.84. The lowest BCUT2D eigenvalue weighted by Crippen LogP contribution is -2.50. The number of rotatable bonds is 8. The van der Waals surface area contributed by atoms with Crippen molar-refractivity contribution in [2.45, 2.75) is 84.6 Å². The smallest absolute Gasteiger partial charge is 0.407 e. The third-order valence-electron chi connectivity index (χ3n) is 5.89. The lowest BCUT2D eigenvalue weighted by atomic mass is 9.86. The topological polar surface area (TPSA) is 79.8 Å². The van der Waals surface area contributed by atoms with Crippen LogP contribution in [0.4, 0.5) is 4.79 Å². The zero-order valence-corrected chi connectivity index (χ0v) is 22.1. The molecule has 0 saturated carbocycles. The fourth-order valence-corrected chi connectivity index (χ4v) is 4.39. The highest BCUT2D eigenvalue weighted by Gasteiger charge is 2.28. The zero-order chi connectivity index (χ0) is 25.6. The molecule has 0 fully saturated rings. The van der Waals surface area contributed by atoms with E-state index < -0.39 is 23.8 Å². The van der Waals surface area contributed by atoms with Crippen LogP contribution < -0.4 is 15.4 Å². The van der Waals surface area contributed by atoms with Crippen LogP contribution in [-0.4, -0.2) is 42.1 Å². The summed E-state index contributed by atoms with van der Waals surface area (Å²) in [5.74, 6) is 0.897. The van der Waals surface area contributed by atoms with Gasteiger partial charge in [-0.15, -0.1) is 0 Å². The number of carbonyl (C=O) groups excluding carboxylic acids is 1. The molecule has 2 aromatic carbocycles. The van der Waals surface area contributed by atoms with E-state index in [0.29, 0.717) is 19.6 Å². The van der Waals surface area contributed by atoms with Crippen LogP contribution in [0.15, 0.2) is 48.5 Å². The van der Waals surface area contributed by atoms with Gasteiger partial charge in [0.05, 0.1) is 18.8 Å². The summed E-state index contributed by atoms with van der Waals surface area (Å²) in [5.41, 5.74) is 3.03. The van der Waals surface area contributed by atoms with E-state index in [1.165, 1.54) is 5.56 Å². The SMILES string of the molecule is CC(C)(C)Cc1ccc2c(c1)C(NC[C@@H](O)[C@H](Cc1ccccc1)NC(=O)OC(C)(C)C)CCO2. The van der Waals surface area contributed by atoms with Gasteiger partial charge in [0, 0.05) is 24.6 Å². The monoisotopic (exact) mass is 482 g/mol. The van der Waals surface area contributed by atoms with Crippen LogP contribution in [-0.2, 0) is 17.6 Å². The van der Waals surface area contributed by atoms with E-state index in [1.54, 1.807) is 0 Å². The van der Waals surface area contributed by atoms with Crippen molar-refractivity contribution in [2.24, 2.45) is 5.41 Å². The molecule has 3 rings (SSSR count). The Bertz CT molecular complexity index is 963. The molecule has 1 aliphatic heterocycles. The van der Waals surface area contributed by atoms with Crippen LogP contribution in [0.1, 0.15) is 70.7 Å². The second-order valence-corrected chi connectivity index (χ2v) is 11.7. The number of benzene rings is 2. The van der Waals surface area contributed by atoms with Gasteiger partial charge in [-0.3, -0.25) is 0 Å². The molecule has 0 radical (unpaired) electrons. The molecule has 3 atom stereocenters. The highest BCUT2D eigenvalue weighted by Crippen LogP contribution is 2.34. The maximum absolute atomic E-state index is 12.5. The van der Waals surface area contributed by atoms with Gasteiger partial charge in [-0.1, -0.05) is 63.2 Å². The van der Waals surface area contributed by atoms with E-state index >= 15 is 0 Å². The van der Waals surface area contributed by atoms with Gasteiger partial charge < -0.3 is 25.2 Å². The quantitative estimate of drug-likeness (QED) is 0.483. The number of ether oxygens (including phenoxy) is 2. The van der Waals surface area contributed by atoms with Crippen molar-refractivity contribution >= 4 is 6.09 Å². The number of fused-ring (bicyclic) bond motifs is 1. The molecule has 1 heterocycles. The van der Waals surface area contributed by atoms with E-state index in [1.807, 2.05) is 51.1 Å². The Balaban J connectivity index is 1.70. The van der Waals surface area contributed by atoms with Gasteiger partial charge in [-0.05, 0) is 56.2 Å². The van der Waals surface area contributed by atoms with Crippen LogP contribution >= 0.6 is 0 Å². The third-order valence-corrected chi connectivity index (χ3v) is 5.89. The molecule has 3 N–H and O–H groups in total. The first kappa shape index (κ1) is 27.0. The molecule has 6 nitrogen and oxygen atoms in total. The standard InChI is InChI=1S/C29H42N2O4/c1-28(2,3)18-21-12-13-26-22(16-21)23(14-15-34-26)30-19-25(32)24(17-20-10-8-7-9-11-20)31-27(33)35-29(4,5)6/h7-13,16,23-25,30,32H,14-15,17-19H2,1-6H3,(H,31,33)/t23?,24-,25+/m0/s1. The van der Waals surface area contributed by atoms with Crippen molar-refractivity contribution in [2.75, 3.05) is 13.2 Å². The van der Waals surface area contributed by atoms with Gasteiger partial charge in [0.2, 0.25) is 0 Å². The van der Waals surface area contributed by atoms with Gasteiger partial charge >= 0.3 is 6.09 Å². The van der Waals surface area contributed by atoms with Gasteiger partial charge in [0.1, 0.15) is 11.4 Å². The predicted molar refractivity (Wildman–Crippen MR) is 140 cm³/mol. The van der Waals surface area contributed by atoms with E-state index in [4.69, 9.17) is 9.47 Å². The minimum atomic E-state index is -0.799.